The molecule has 0 saturated heterocycles. The van der Waals surface area contributed by atoms with E-state index in [9.17, 15) is 4.79 Å². The third-order valence-electron chi connectivity index (χ3n) is 6.43. The predicted molar refractivity (Wildman–Crippen MR) is 142 cm³/mol. The molecular formula is C28H31N5O3. The van der Waals surface area contributed by atoms with Gasteiger partial charge in [0.05, 0.1) is 5.69 Å². The van der Waals surface area contributed by atoms with Gasteiger partial charge in [0.15, 0.2) is 12.2 Å². The van der Waals surface area contributed by atoms with E-state index in [0.29, 0.717) is 17.3 Å². The van der Waals surface area contributed by atoms with Crippen LogP contribution in [0.1, 0.15) is 30.5 Å². The average Bonchev–Trinajstić information content (AvgIpc) is 2.86. The van der Waals surface area contributed by atoms with Crippen molar-refractivity contribution in [3.8, 4) is 11.5 Å². The van der Waals surface area contributed by atoms with Gasteiger partial charge in [0.1, 0.15) is 23.0 Å². The van der Waals surface area contributed by atoms with Crippen molar-refractivity contribution in [2.24, 2.45) is 10.7 Å². The lowest BCUT2D eigenvalue weighted by Gasteiger charge is -2.26. The third-order valence-corrected chi connectivity index (χ3v) is 6.43. The lowest BCUT2D eigenvalue weighted by atomic mass is 10.1. The molecule has 3 aromatic rings. The fraction of sp³-hybridized carbons (Fsp3) is 0.286. The van der Waals surface area contributed by atoms with Gasteiger partial charge in [-0.2, -0.15) is 0 Å². The van der Waals surface area contributed by atoms with Crippen LogP contribution in [0.2, 0.25) is 0 Å². The number of carbonyl (C=O) groups is 1. The molecule has 0 radical (unpaired) electrons. The second kappa shape index (κ2) is 9.91. The topological polar surface area (TPSA) is 101 Å². The molecule has 3 aromatic carbocycles. The van der Waals surface area contributed by atoms with Crippen LogP contribution in [0.25, 0.3) is 0 Å². The van der Waals surface area contributed by atoms with E-state index in [1.54, 1.807) is 6.92 Å². The molecule has 0 spiro atoms. The lowest BCUT2D eigenvalue weighted by Crippen LogP contribution is -2.34. The summed E-state index contributed by atoms with van der Waals surface area (Å²) in [7, 11) is 2.03. The second-order valence-corrected chi connectivity index (χ2v) is 9.30. The minimum atomic E-state index is -0.473. The monoisotopic (exact) mass is 485 g/mol. The van der Waals surface area contributed by atoms with Crippen LogP contribution in [0.15, 0.2) is 65.7 Å². The van der Waals surface area contributed by atoms with E-state index in [2.05, 4.69) is 44.8 Å². The summed E-state index contributed by atoms with van der Waals surface area (Å²) in [4.78, 5) is 18.5. The van der Waals surface area contributed by atoms with Crippen molar-refractivity contribution in [1.29, 1.82) is 0 Å². The molecule has 2 atom stereocenters. The van der Waals surface area contributed by atoms with E-state index in [-0.39, 0.29) is 12.0 Å². The number of hydrogen-bond donors (Lipinski definition) is 3. The normalized spacial score (nSPS) is 18.2. The minimum Gasteiger partial charge on any atom is -0.481 e. The summed E-state index contributed by atoms with van der Waals surface area (Å²) in [5, 5.41) is 6.40. The van der Waals surface area contributed by atoms with Gasteiger partial charge in [-0.1, -0.05) is 30.3 Å². The molecule has 2 heterocycles. The Kier molecular flexibility index (Phi) is 6.52. The Morgan fingerprint density at radius 1 is 0.917 bits per heavy atom. The van der Waals surface area contributed by atoms with Crippen molar-refractivity contribution in [2.75, 3.05) is 17.3 Å². The van der Waals surface area contributed by atoms with E-state index in [1.807, 2.05) is 50.4 Å². The summed E-state index contributed by atoms with van der Waals surface area (Å²) < 4.78 is 11.4. The molecule has 0 aliphatic carbocycles. The predicted octanol–water partition coefficient (Wildman–Crippen LogP) is 4.10. The van der Waals surface area contributed by atoms with Crippen LogP contribution in [-0.4, -0.2) is 31.0 Å². The van der Waals surface area contributed by atoms with Crippen molar-refractivity contribution in [1.82, 2.24) is 5.32 Å². The SMILES string of the molecule is CC1Oc2ccc(N(C)Cc3ccc(CNCc4ccc5c(c4)N=C(N)C(C)O5)cc3)cc2NC1=O. The van der Waals surface area contributed by atoms with Gasteiger partial charge < -0.3 is 30.7 Å². The number of nitrogens with one attached hydrogen (secondary N) is 2. The van der Waals surface area contributed by atoms with Gasteiger partial charge in [0, 0.05) is 32.4 Å². The second-order valence-electron chi connectivity index (χ2n) is 9.30. The number of amidine groups is 1. The minimum absolute atomic E-state index is 0.125. The molecule has 0 aromatic heterocycles. The molecule has 2 aliphatic heterocycles. The highest BCUT2D eigenvalue weighted by Crippen LogP contribution is 2.34. The summed E-state index contributed by atoms with van der Waals surface area (Å²) in [5.74, 6) is 1.84. The maximum absolute atomic E-state index is 11.9. The van der Waals surface area contributed by atoms with Gasteiger partial charge in [0.25, 0.3) is 5.91 Å². The lowest BCUT2D eigenvalue weighted by molar-refractivity contribution is -0.122. The Hall–Kier alpha value is -4.04. The molecule has 5 rings (SSSR count). The standard InChI is InChI=1S/C28H31N5O3/c1-17-27(29)31-23-12-21(8-10-25(23)35-17)15-30-14-19-4-6-20(7-5-19)16-33(3)22-9-11-26-24(13-22)32-28(34)18(2)36-26/h4-13,17-18,30H,14-16H2,1-3H3,(H2,29,31)(H,32,34). The quantitative estimate of drug-likeness (QED) is 0.466. The molecule has 186 valence electrons. The average molecular weight is 486 g/mol. The van der Waals surface area contributed by atoms with E-state index in [1.165, 1.54) is 11.1 Å². The maximum atomic E-state index is 11.9. The summed E-state index contributed by atoms with van der Waals surface area (Å²) in [6.07, 6.45) is -0.664. The first kappa shape index (κ1) is 23.7. The number of amides is 1. The molecular weight excluding hydrogens is 454 g/mol. The number of carbonyl (C=O) groups excluding carboxylic acids is 1. The number of benzene rings is 3. The van der Waals surface area contributed by atoms with E-state index < -0.39 is 6.10 Å². The third kappa shape index (κ3) is 5.13. The van der Waals surface area contributed by atoms with Crippen molar-refractivity contribution in [2.45, 2.75) is 45.7 Å². The van der Waals surface area contributed by atoms with Crippen molar-refractivity contribution < 1.29 is 14.3 Å². The van der Waals surface area contributed by atoms with Gasteiger partial charge in [0.2, 0.25) is 0 Å². The van der Waals surface area contributed by atoms with Crippen molar-refractivity contribution >= 4 is 28.8 Å². The highest BCUT2D eigenvalue weighted by Gasteiger charge is 2.24. The first-order valence-corrected chi connectivity index (χ1v) is 12.1. The number of anilines is 2. The highest BCUT2D eigenvalue weighted by molar-refractivity contribution is 5.98. The summed E-state index contributed by atoms with van der Waals surface area (Å²) in [5.41, 5.74) is 12.0. The Morgan fingerprint density at radius 2 is 1.58 bits per heavy atom. The maximum Gasteiger partial charge on any atom is 0.265 e. The molecule has 0 bridgehead atoms. The Labute approximate surface area is 211 Å². The summed E-state index contributed by atoms with van der Waals surface area (Å²) in [6.45, 7) is 5.87. The fourth-order valence-electron chi connectivity index (χ4n) is 4.25. The largest absolute Gasteiger partial charge is 0.481 e. The molecule has 1 amide bonds. The van der Waals surface area contributed by atoms with Crippen LogP contribution in [0.4, 0.5) is 17.1 Å². The van der Waals surface area contributed by atoms with Crippen LogP contribution in [-0.2, 0) is 24.4 Å². The van der Waals surface area contributed by atoms with Gasteiger partial charge >= 0.3 is 0 Å². The van der Waals surface area contributed by atoms with Gasteiger partial charge in [-0.05, 0) is 60.9 Å². The number of nitrogens with zero attached hydrogens (tertiary/aromatic N) is 2. The Bertz CT molecular complexity index is 1310. The number of nitrogens with two attached hydrogens (primary N) is 1. The highest BCUT2D eigenvalue weighted by atomic mass is 16.5. The number of ether oxygens (including phenoxy) is 2. The van der Waals surface area contributed by atoms with E-state index in [0.717, 1.165) is 42.3 Å². The molecule has 0 saturated carbocycles. The van der Waals surface area contributed by atoms with Gasteiger partial charge in [-0.15, -0.1) is 0 Å². The summed E-state index contributed by atoms with van der Waals surface area (Å²) in [6, 6.07) is 20.5. The molecule has 8 heteroatoms. The Morgan fingerprint density at radius 3 is 2.39 bits per heavy atom. The fourth-order valence-corrected chi connectivity index (χ4v) is 4.25. The van der Waals surface area contributed by atoms with Crippen LogP contribution in [0, 0.1) is 0 Å². The van der Waals surface area contributed by atoms with Gasteiger partial charge in [-0.3, -0.25) is 4.79 Å². The molecule has 8 nitrogen and oxygen atoms in total. The van der Waals surface area contributed by atoms with Crippen LogP contribution >= 0.6 is 0 Å². The first-order chi connectivity index (χ1) is 17.4. The molecule has 0 fully saturated rings. The first-order valence-electron chi connectivity index (χ1n) is 12.1. The van der Waals surface area contributed by atoms with Gasteiger partial charge in [-0.25, -0.2) is 4.99 Å². The molecule has 4 N–H and O–H groups in total. The zero-order valence-electron chi connectivity index (χ0n) is 20.7. The summed E-state index contributed by atoms with van der Waals surface area (Å²) >= 11 is 0. The number of rotatable bonds is 7. The molecule has 2 unspecified atom stereocenters. The Balaban J connectivity index is 1.14. The van der Waals surface area contributed by atoms with Crippen LogP contribution < -0.4 is 30.7 Å². The van der Waals surface area contributed by atoms with E-state index >= 15 is 0 Å². The van der Waals surface area contributed by atoms with Crippen molar-refractivity contribution in [3.05, 3.63) is 77.4 Å². The van der Waals surface area contributed by atoms with E-state index in [4.69, 9.17) is 15.2 Å². The van der Waals surface area contributed by atoms with Crippen LogP contribution in [0.5, 0.6) is 11.5 Å². The smallest absolute Gasteiger partial charge is 0.265 e. The molecule has 2 aliphatic rings. The number of aliphatic imine (C=N–C) groups is 1. The zero-order chi connectivity index (χ0) is 25.2. The molecule has 36 heavy (non-hydrogen) atoms. The number of fused-ring (bicyclic) bond motifs is 2. The van der Waals surface area contributed by atoms with Crippen molar-refractivity contribution in [3.63, 3.8) is 0 Å². The zero-order valence-corrected chi connectivity index (χ0v) is 20.7. The van der Waals surface area contributed by atoms with Crippen LogP contribution in [0.3, 0.4) is 0 Å². The number of hydrogen-bond acceptors (Lipinski definition) is 7.